The summed E-state index contributed by atoms with van der Waals surface area (Å²) in [5.74, 6) is -0.994. The van der Waals surface area contributed by atoms with E-state index in [1.54, 1.807) is 19.1 Å². The van der Waals surface area contributed by atoms with E-state index in [0.717, 1.165) is 12.1 Å². The summed E-state index contributed by atoms with van der Waals surface area (Å²) in [5.41, 5.74) is -0.165. The van der Waals surface area contributed by atoms with Crippen LogP contribution in [0.3, 0.4) is 0 Å². The van der Waals surface area contributed by atoms with Gasteiger partial charge in [0.15, 0.2) is 5.69 Å². The predicted molar refractivity (Wildman–Crippen MR) is 107 cm³/mol. The summed E-state index contributed by atoms with van der Waals surface area (Å²) >= 11 is 5.83. The molecule has 0 spiro atoms. The molecule has 2 aromatic heterocycles. The molecule has 1 aliphatic heterocycles. The molecule has 1 N–H and O–H groups in total. The van der Waals surface area contributed by atoms with Crippen LogP contribution >= 0.6 is 11.6 Å². The number of pyridine rings is 1. The highest BCUT2D eigenvalue weighted by molar-refractivity contribution is 6.31. The van der Waals surface area contributed by atoms with Crippen LogP contribution in [0.15, 0.2) is 48.9 Å². The number of anilines is 2. The van der Waals surface area contributed by atoms with Crippen molar-refractivity contribution in [2.75, 3.05) is 16.8 Å². The van der Waals surface area contributed by atoms with Gasteiger partial charge in [-0.15, -0.1) is 0 Å². The SMILES string of the molecule is C[C@H]1CN(c2ccc(C(F)(F)F)c(Cl)c2)C(=O)c2c(NC(=O)c3cccnc3)cnn21. The minimum Gasteiger partial charge on any atom is -0.319 e. The first-order valence-corrected chi connectivity index (χ1v) is 9.52. The largest absolute Gasteiger partial charge is 0.417 e. The third-order valence-corrected chi connectivity index (χ3v) is 5.16. The lowest BCUT2D eigenvalue weighted by Crippen LogP contribution is -2.43. The van der Waals surface area contributed by atoms with Gasteiger partial charge in [0, 0.05) is 24.6 Å². The maximum atomic E-state index is 13.2. The topological polar surface area (TPSA) is 80.1 Å². The number of carbonyl (C=O) groups excluding carboxylic acids is 2. The minimum atomic E-state index is -4.60. The summed E-state index contributed by atoms with van der Waals surface area (Å²) in [6.45, 7) is 1.97. The average molecular weight is 450 g/mol. The Morgan fingerprint density at radius 2 is 2.03 bits per heavy atom. The number of benzene rings is 1. The van der Waals surface area contributed by atoms with Crippen molar-refractivity contribution in [2.45, 2.75) is 19.1 Å². The Balaban J connectivity index is 1.66. The third-order valence-electron chi connectivity index (χ3n) is 4.85. The Kier molecular flexibility index (Phi) is 5.18. The van der Waals surface area contributed by atoms with Crippen molar-refractivity contribution in [3.63, 3.8) is 0 Å². The zero-order valence-electron chi connectivity index (χ0n) is 16.0. The number of nitrogens with zero attached hydrogens (tertiary/aromatic N) is 4. The molecule has 0 aliphatic carbocycles. The van der Waals surface area contributed by atoms with Crippen LogP contribution in [0.2, 0.25) is 5.02 Å². The normalized spacial score (nSPS) is 16.2. The fourth-order valence-electron chi connectivity index (χ4n) is 3.37. The zero-order chi connectivity index (χ0) is 22.3. The van der Waals surface area contributed by atoms with Gasteiger partial charge in [-0.2, -0.15) is 18.3 Å². The van der Waals surface area contributed by atoms with E-state index in [2.05, 4.69) is 15.4 Å². The molecule has 11 heteroatoms. The number of aromatic nitrogens is 3. The van der Waals surface area contributed by atoms with Gasteiger partial charge in [-0.25, -0.2) is 0 Å². The van der Waals surface area contributed by atoms with Gasteiger partial charge in [0.25, 0.3) is 11.8 Å². The fourth-order valence-corrected chi connectivity index (χ4v) is 3.65. The van der Waals surface area contributed by atoms with Crippen molar-refractivity contribution in [1.82, 2.24) is 14.8 Å². The summed E-state index contributed by atoms with van der Waals surface area (Å²) in [4.78, 5) is 30.9. The fraction of sp³-hybridized carbons (Fsp3) is 0.200. The van der Waals surface area contributed by atoms with Crippen molar-refractivity contribution < 1.29 is 22.8 Å². The first-order chi connectivity index (χ1) is 14.7. The number of hydrogen-bond acceptors (Lipinski definition) is 4. The van der Waals surface area contributed by atoms with Crippen LogP contribution in [-0.4, -0.2) is 33.1 Å². The van der Waals surface area contributed by atoms with E-state index in [-0.39, 0.29) is 29.7 Å². The van der Waals surface area contributed by atoms with Crippen LogP contribution < -0.4 is 10.2 Å². The van der Waals surface area contributed by atoms with Crippen LogP contribution in [0.1, 0.15) is 39.4 Å². The van der Waals surface area contributed by atoms with E-state index >= 15 is 0 Å². The lowest BCUT2D eigenvalue weighted by molar-refractivity contribution is -0.137. The number of halogens is 4. The summed E-state index contributed by atoms with van der Waals surface area (Å²) in [7, 11) is 0. The number of amides is 2. The van der Waals surface area contributed by atoms with Gasteiger partial charge >= 0.3 is 6.18 Å². The Hall–Kier alpha value is -3.40. The Morgan fingerprint density at radius 1 is 1.26 bits per heavy atom. The molecular weight excluding hydrogens is 435 g/mol. The van der Waals surface area contributed by atoms with Crippen LogP contribution in [0.25, 0.3) is 0 Å². The van der Waals surface area contributed by atoms with E-state index in [4.69, 9.17) is 11.6 Å². The quantitative estimate of drug-likeness (QED) is 0.641. The second-order valence-corrected chi connectivity index (χ2v) is 7.38. The highest BCUT2D eigenvalue weighted by Crippen LogP contribution is 2.38. The monoisotopic (exact) mass is 449 g/mol. The smallest absolute Gasteiger partial charge is 0.319 e. The van der Waals surface area contributed by atoms with Crippen molar-refractivity contribution in [2.24, 2.45) is 0 Å². The molecule has 0 fully saturated rings. The molecular formula is C20H15ClF3N5O2. The van der Waals surface area contributed by atoms with Crippen LogP contribution in [0.5, 0.6) is 0 Å². The molecule has 31 heavy (non-hydrogen) atoms. The standard InChI is InChI=1S/C20H15ClF3N5O2/c1-11-10-28(13-4-5-14(15(21)7-13)20(22,23)24)19(31)17-16(9-26-29(11)17)27-18(30)12-3-2-6-25-8-12/h2-9,11H,10H2,1H3,(H,27,30)/t11-/m0/s1. The third kappa shape index (κ3) is 3.86. The number of rotatable bonds is 3. The second kappa shape index (κ2) is 7.69. The molecule has 1 aromatic carbocycles. The Morgan fingerprint density at radius 3 is 2.68 bits per heavy atom. The highest BCUT2D eigenvalue weighted by Gasteiger charge is 2.36. The summed E-state index contributed by atoms with van der Waals surface area (Å²) in [5, 5.41) is 6.33. The van der Waals surface area contributed by atoms with Crippen molar-refractivity contribution >= 4 is 34.8 Å². The molecule has 3 aromatic rings. The Bertz CT molecular complexity index is 1160. The van der Waals surface area contributed by atoms with Gasteiger partial charge < -0.3 is 10.2 Å². The lowest BCUT2D eigenvalue weighted by atomic mass is 10.1. The van der Waals surface area contributed by atoms with E-state index in [9.17, 15) is 22.8 Å². The van der Waals surface area contributed by atoms with Crippen molar-refractivity contribution in [3.8, 4) is 0 Å². The molecule has 0 saturated carbocycles. The molecule has 0 radical (unpaired) electrons. The molecule has 0 unspecified atom stereocenters. The molecule has 160 valence electrons. The summed E-state index contributed by atoms with van der Waals surface area (Å²) < 4.78 is 40.5. The van der Waals surface area contributed by atoms with Gasteiger partial charge in [-0.05, 0) is 37.3 Å². The zero-order valence-corrected chi connectivity index (χ0v) is 16.8. The summed E-state index contributed by atoms with van der Waals surface area (Å²) in [6.07, 6.45) is -0.332. The van der Waals surface area contributed by atoms with Crippen molar-refractivity contribution in [1.29, 1.82) is 0 Å². The van der Waals surface area contributed by atoms with Crippen LogP contribution in [0, 0.1) is 0 Å². The Labute approximate surface area is 179 Å². The van der Waals surface area contributed by atoms with Crippen LogP contribution in [0.4, 0.5) is 24.5 Å². The van der Waals surface area contributed by atoms with Crippen LogP contribution in [-0.2, 0) is 6.18 Å². The van der Waals surface area contributed by atoms with E-state index in [1.807, 2.05) is 0 Å². The first-order valence-electron chi connectivity index (χ1n) is 9.14. The van der Waals surface area contributed by atoms with E-state index < -0.39 is 28.6 Å². The number of hydrogen-bond donors (Lipinski definition) is 1. The first kappa shape index (κ1) is 20.9. The maximum Gasteiger partial charge on any atom is 0.417 e. The highest BCUT2D eigenvalue weighted by atomic mass is 35.5. The van der Waals surface area contributed by atoms with Gasteiger partial charge in [-0.1, -0.05) is 11.6 Å². The molecule has 4 rings (SSSR count). The van der Waals surface area contributed by atoms with Gasteiger partial charge in [0.05, 0.1) is 34.1 Å². The molecule has 1 atom stereocenters. The lowest BCUT2D eigenvalue weighted by Gasteiger charge is -2.32. The van der Waals surface area contributed by atoms with Crippen molar-refractivity contribution in [3.05, 3.63) is 70.8 Å². The van der Waals surface area contributed by atoms with Gasteiger partial charge in [-0.3, -0.25) is 19.3 Å². The molecule has 3 heterocycles. The number of nitrogens with one attached hydrogen (secondary N) is 1. The molecule has 0 saturated heterocycles. The van der Waals surface area contributed by atoms with Gasteiger partial charge in [0.1, 0.15) is 0 Å². The molecule has 0 bridgehead atoms. The van der Waals surface area contributed by atoms with E-state index in [0.29, 0.717) is 5.56 Å². The number of alkyl halides is 3. The predicted octanol–water partition coefficient (Wildman–Crippen LogP) is 4.42. The molecule has 1 aliphatic rings. The summed E-state index contributed by atoms with van der Waals surface area (Å²) in [6, 6.07) is 6.02. The average Bonchev–Trinajstić information content (AvgIpc) is 3.15. The molecule has 2 amide bonds. The minimum absolute atomic E-state index is 0.118. The maximum absolute atomic E-state index is 13.2. The van der Waals surface area contributed by atoms with Gasteiger partial charge in [0.2, 0.25) is 0 Å². The second-order valence-electron chi connectivity index (χ2n) is 6.97. The molecule has 7 nitrogen and oxygen atoms in total. The number of carbonyl (C=O) groups is 2. The number of fused-ring (bicyclic) bond motifs is 1. The van der Waals surface area contributed by atoms with E-state index in [1.165, 1.54) is 34.2 Å².